The third-order valence-electron chi connectivity index (χ3n) is 3.58. The van der Waals surface area contributed by atoms with Gasteiger partial charge in [0.2, 0.25) is 0 Å². The molecule has 0 saturated heterocycles. The predicted molar refractivity (Wildman–Crippen MR) is 84.3 cm³/mol. The Morgan fingerprint density at radius 2 is 1.82 bits per heavy atom. The van der Waals surface area contributed by atoms with Crippen molar-refractivity contribution >= 4 is 22.7 Å². The highest BCUT2D eigenvalue weighted by atomic mass is 16.4. The van der Waals surface area contributed by atoms with E-state index in [0.717, 1.165) is 18.4 Å². The van der Waals surface area contributed by atoms with Gasteiger partial charge >= 0.3 is 11.9 Å². The maximum absolute atomic E-state index is 11.6. The summed E-state index contributed by atoms with van der Waals surface area (Å²) in [6.45, 7) is 0. The molecular formula is C18H16O4. The molecule has 0 amide bonds. The second-order valence-electron chi connectivity index (χ2n) is 5.06. The van der Waals surface area contributed by atoms with Crippen LogP contribution in [0.5, 0.6) is 0 Å². The van der Waals surface area contributed by atoms with Crippen LogP contribution in [0.25, 0.3) is 10.8 Å². The fraction of sp³-hybridized carbons (Fsp3) is 0.222. The van der Waals surface area contributed by atoms with Gasteiger partial charge in [-0.25, -0.2) is 9.59 Å². The van der Waals surface area contributed by atoms with Gasteiger partial charge in [0, 0.05) is 6.42 Å². The minimum atomic E-state index is -1.03. The molecule has 0 aromatic heterocycles. The van der Waals surface area contributed by atoms with Crippen molar-refractivity contribution in [3.8, 4) is 12.3 Å². The molecule has 112 valence electrons. The Bertz CT molecular complexity index is 768. The first kappa shape index (κ1) is 15.6. The van der Waals surface area contributed by atoms with Crippen molar-refractivity contribution in [2.24, 2.45) is 0 Å². The van der Waals surface area contributed by atoms with Crippen LogP contribution < -0.4 is 0 Å². The lowest BCUT2D eigenvalue weighted by molar-refractivity contribution is 0.0687. The first-order valence-corrected chi connectivity index (χ1v) is 7.00. The smallest absolute Gasteiger partial charge is 0.336 e. The summed E-state index contributed by atoms with van der Waals surface area (Å²) in [5, 5.41) is 19.7. The lowest BCUT2D eigenvalue weighted by atomic mass is 9.94. The first-order chi connectivity index (χ1) is 10.5. The Labute approximate surface area is 128 Å². The normalized spacial score (nSPS) is 10.3. The van der Waals surface area contributed by atoms with Crippen molar-refractivity contribution in [2.45, 2.75) is 25.7 Å². The van der Waals surface area contributed by atoms with Crippen molar-refractivity contribution in [3.05, 3.63) is 47.0 Å². The molecule has 0 unspecified atom stereocenters. The number of carboxylic acid groups (broad SMARTS) is 2. The van der Waals surface area contributed by atoms with Gasteiger partial charge in [-0.15, -0.1) is 12.3 Å². The molecule has 2 rings (SSSR count). The Kier molecular flexibility index (Phi) is 4.80. The van der Waals surface area contributed by atoms with E-state index in [1.165, 1.54) is 12.1 Å². The number of terminal acetylenes is 1. The third kappa shape index (κ3) is 3.26. The molecule has 0 fully saturated rings. The van der Waals surface area contributed by atoms with E-state index in [1.807, 2.05) is 0 Å². The summed E-state index contributed by atoms with van der Waals surface area (Å²) in [6.07, 6.45) is 8.20. The van der Waals surface area contributed by atoms with Crippen LogP contribution in [-0.2, 0) is 6.42 Å². The molecule has 2 N–H and O–H groups in total. The average molecular weight is 296 g/mol. The summed E-state index contributed by atoms with van der Waals surface area (Å²) in [5.41, 5.74) is 1.14. The van der Waals surface area contributed by atoms with E-state index in [4.69, 9.17) is 11.5 Å². The van der Waals surface area contributed by atoms with E-state index >= 15 is 0 Å². The average Bonchev–Trinajstić information content (AvgIpc) is 2.50. The number of hydrogen-bond acceptors (Lipinski definition) is 2. The Balaban J connectivity index is 2.44. The third-order valence-corrected chi connectivity index (χ3v) is 3.58. The molecule has 0 aliphatic rings. The van der Waals surface area contributed by atoms with Gasteiger partial charge in [0.25, 0.3) is 0 Å². The number of benzene rings is 2. The highest BCUT2D eigenvalue weighted by Gasteiger charge is 2.15. The molecule has 4 nitrogen and oxygen atoms in total. The Morgan fingerprint density at radius 3 is 2.45 bits per heavy atom. The Morgan fingerprint density at radius 1 is 1.05 bits per heavy atom. The highest BCUT2D eigenvalue weighted by Crippen LogP contribution is 2.25. The molecule has 4 heteroatoms. The van der Waals surface area contributed by atoms with Crippen LogP contribution in [0, 0.1) is 12.3 Å². The number of hydrogen-bond donors (Lipinski definition) is 2. The van der Waals surface area contributed by atoms with Gasteiger partial charge in [0.1, 0.15) is 0 Å². The van der Waals surface area contributed by atoms with Gasteiger partial charge in [-0.05, 0) is 47.7 Å². The first-order valence-electron chi connectivity index (χ1n) is 7.00. The topological polar surface area (TPSA) is 74.6 Å². The molecule has 22 heavy (non-hydrogen) atoms. The molecule has 2 aromatic carbocycles. The summed E-state index contributed by atoms with van der Waals surface area (Å²) in [7, 11) is 0. The zero-order valence-corrected chi connectivity index (χ0v) is 12.0. The molecule has 0 heterocycles. The van der Waals surface area contributed by atoms with Crippen LogP contribution in [-0.4, -0.2) is 22.2 Å². The molecule has 0 atom stereocenters. The van der Waals surface area contributed by atoms with Crippen molar-refractivity contribution in [1.82, 2.24) is 0 Å². The SMILES string of the molecule is C#CCCCCc1ccc2cc(C(=O)O)ccc2c1C(=O)O. The second kappa shape index (κ2) is 6.77. The quantitative estimate of drug-likeness (QED) is 0.631. The molecule has 0 radical (unpaired) electrons. The largest absolute Gasteiger partial charge is 0.478 e. The number of rotatable bonds is 6. The molecule has 0 bridgehead atoms. The van der Waals surface area contributed by atoms with Gasteiger partial charge in [-0.3, -0.25) is 0 Å². The number of aryl methyl sites for hydroxylation is 1. The molecule has 0 spiro atoms. The van der Waals surface area contributed by atoms with Gasteiger partial charge in [0.15, 0.2) is 0 Å². The van der Waals surface area contributed by atoms with Crippen molar-refractivity contribution in [3.63, 3.8) is 0 Å². The van der Waals surface area contributed by atoms with Crippen molar-refractivity contribution < 1.29 is 19.8 Å². The van der Waals surface area contributed by atoms with Crippen LogP contribution >= 0.6 is 0 Å². The summed E-state index contributed by atoms with van der Waals surface area (Å²) in [4.78, 5) is 22.6. The molecule has 0 aliphatic heterocycles. The van der Waals surface area contributed by atoms with Gasteiger partial charge < -0.3 is 10.2 Å². The summed E-state index contributed by atoms with van der Waals surface area (Å²) in [6, 6.07) is 8.01. The lowest BCUT2D eigenvalue weighted by Gasteiger charge is -2.10. The van der Waals surface area contributed by atoms with Crippen LogP contribution in [0.4, 0.5) is 0 Å². The van der Waals surface area contributed by atoms with Crippen molar-refractivity contribution in [2.75, 3.05) is 0 Å². The van der Waals surface area contributed by atoms with E-state index in [9.17, 15) is 14.7 Å². The van der Waals surface area contributed by atoms with E-state index in [2.05, 4.69) is 5.92 Å². The molecule has 2 aromatic rings. The summed E-state index contributed by atoms with van der Waals surface area (Å²) >= 11 is 0. The van der Waals surface area contributed by atoms with E-state index in [1.54, 1.807) is 18.2 Å². The minimum Gasteiger partial charge on any atom is -0.478 e. The monoisotopic (exact) mass is 296 g/mol. The molecular weight excluding hydrogens is 280 g/mol. The van der Waals surface area contributed by atoms with E-state index < -0.39 is 11.9 Å². The molecule has 0 aliphatic carbocycles. The fourth-order valence-corrected chi connectivity index (χ4v) is 2.51. The van der Waals surface area contributed by atoms with E-state index in [-0.39, 0.29) is 11.1 Å². The zero-order chi connectivity index (χ0) is 16.1. The number of fused-ring (bicyclic) bond motifs is 1. The van der Waals surface area contributed by atoms with Crippen molar-refractivity contribution in [1.29, 1.82) is 0 Å². The number of carbonyl (C=O) groups is 2. The summed E-state index contributed by atoms with van der Waals surface area (Å²) in [5.74, 6) is 0.536. The standard InChI is InChI=1S/C18H16O4/c1-2-3-4-5-6-12-7-8-13-11-14(17(19)20)9-10-15(13)16(12)18(21)22/h1,7-11H,3-6H2,(H,19,20)(H,21,22). The number of aromatic carboxylic acids is 2. The van der Waals surface area contributed by atoms with Crippen LogP contribution in [0.1, 0.15) is 45.5 Å². The zero-order valence-electron chi connectivity index (χ0n) is 12.0. The van der Waals surface area contributed by atoms with E-state index in [0.29, 0.717) is 23.6 Å². The number of carboxylic acids is 2. The highest BCUT2D eigenvalue weighted by molar-refractivity contribution is 6.06. The van der Waals surface area contributed by atoms with Crippen LogP contribution in [0.3, 0.4) is 0 Å². The van der Waals surface area contributed by atoms with Gasteiger partial charge in [-0.2, -0.15) is 0 Å². The second-order valence-corrected chi connectivity index (χ2v) is 5.06. The maximum atomic E-state index is 11.6. The molecule has 0 saturated carbocycles. The maximum Gasteiger partial charge on any atom is 0.336 e. The van der Waals surface area contributed by atoms with Crippen LogP contribution in [0.15, 0.2) is 30.3 Å². The lowest BCUT2D eigenvalue weighted by Crippen LogP contribution is -2.05. The Hall–Kier alpha value is -2.80. The minimum absolute atomic E-state index is 0.144. The van der Waals surface area contributed by atoms with Gasteiger partial charge in [0.05, 0.1) is 11.1 Å². The summed E-state index contributed by atoms with van der Waals surface area (Å²) < 4.78 is 0. The number of unbranched alkanes of at least 4 members (excludes halogenated alkanes) is 2. The van der Waals surface area contributed by atoms with Crippen LogP contribution in [0.2, 0.25) is 0 Å². The predicted octanol–water partition coefficient (Wildman–Crippen LogP) is 3.58. The fourth-order valence-electron chi connectivity index (χ4n) is 2.51. The van der Waals surface area contributed by atoms with Gasteiger partial charge in [-0.1, -0.05) is 18.2 Å².